The van der Waals surface area contributed by atoms with Gasteiger partial charge in [0.05, 0.1) is 9.92 Å². The highest BCUT2D eigenvalue weighted by Crippen LogP contribution is 2.17. The van der Waals surface area contributed by atoms with Crippen LogP contribution in [0, 0.1) is 0 Å². The molecule has 0 unspecified atom stereocenters. The molecule has 8 heteroatoms. The number of nitrogens with one attached hydrogen (secondary N) is 1. The van der Waals surface area contributed by atoms with E-state index in [-0.39, 0.29) is 10.8 Å². The lowest BCUT2D eigenvalue weighted by atomic mass is 10.3. The summed E-state index contributed by atoms with van der Waals surface area (Å²) >= 11 is 5.88. The van der Waals surface area contributed by atoms with Gasteiger partial charge in [-0.2, -0.15) is 0 Å². The van der Waals surface area contributed by atoms with Crippen molar-refractivity contribution >= 4 is 33.2 Å². The minimum atomic E-state index is -3.74. The second-order valence-electron chi connectivity index (χ2n) is 4.35. The zero-order valence-electron chi connectivity index (χ0n) is 11.2. The van der Waals surface area contributed by atoms with E-state index in [0.29, 0.717) is 22.9 Å². The van der Waals surface area contributed by atoms with Gasteiger partial charge in [-0.1, -0.05) is 11.6 Å². The molecule has 0 spiro atoms. The van der Waals surface area contributed by atoms with Crippen molar-refractivity contribution in [3.63, 3.8) is 0 Å². The van der Waals surface area contributed by atoms with Crippen LogP contribution in [0.1, 0.15) is 17.4 Å². The molecule has 0 bridgehead atoms. The third-order valence-corrected chi connectivity index (χ3v) is 4.01. The summed E-state index contributed by atoms with van der Waals surface area (Å²) in [5.41, 5.74) is 0.894. The van der Waals surface area contributed by atoms with Gasteiger partial charge in [-0.05, 0) is 37.3 Å². The van der Waals surface area contributed by atoms with Gasteiger partial charge in [0.15, 0.2) is 0 Å². The Morgan fingerprint density at radius 2 is 1.95 bits per heavy atom. The molecule has 2 rings (SSSR count). The summed E-state index contributed by atoms with van der Waals surface area (Å²) in [4.78, 5) is 12.1. The maximum Gasteiger partial charge on any atom is 0.272 e. The van der Waals surface area contributed by atoms with E-state index in [1.807, 2.05) is 6.92 Å². The molecule has 1 heterocycles. The number of amides is 1. The van der Waals surface area contributed by atoms with Crippen molar-refractivity contribution in [1.29, 1.82) is 0 Å². The second-order valence-corrected chi connectivity index (χ2v) is 6.35. The molecule has 0 fully saturated rings. The van der Waals surface area contributed by atoms with Gasteiger partial charge in [-0.15, -0.1) is 0 Å². The van der Waals surface area contributed by atoms with Gasteiger partial charge in [0.1, 0.15) is 5.69 Å². The molecule has 112 valence electrons. The van der Waals surface area contributed by atoms with Gasteiger partial charge in [0.25, 0.3) is 5.91 Å². The highest BCUT2D eigenvalue weighted by Gasteiger charge is 2.13. The standard InChI is InChI=1S/C13H14ClN3O3S/c1-2-17-8-9(14)7-12(17)13(18)16-10-3-5-11(6-4-10)21(15,19)20/h3-8H,2H2,1H3,(H,16,18)(H2,15,19,20). The molecule has 1 aromatic carbocycles. The first kappa shape index (κ1) is 15.6. The van der Waals surface area contributed by atoms with Crippen molar-refractivity contribution in [2.75, 3.05) is 5.32 Å². The van der Waals surface area contributed by atoms with E-state index in [9.17, 15) is 13.2 Å². The number of carbonyl (C=O) groups excluding carboxylic acids is 1. The summed E-state index contributed by atoms with van der Waals surface area (Å²) in [5.74, 6) is -0.327. The number of nitrogens with two attached hydrogens (primary N) is 1. The smallest absolute Gasteiger partial charge is 0.272 e. The first-order valence-electron chi connectivity index (χ1n) is 6.11. The van der Waals surface area contributed by atoms with Crippen LogP contribution in [-0.2, 0) is 16.6 Å². The Labute approximate surface area is 127 Å². The number of nitrogens with zero attached hydrogens (tertiary/aromatic N) is 1. The number of aromatic nitrogens is 1. The van der Waals surface area contributed by atoms with E-state index in [1.165, 1.54) is 24.3 Å². The highest BCUT2D eigenvalue weighted by molar-refractivity contribution is 7.89. The molecule has 0 aliphatic carbocycles. The monoisotopic (exact) mass is 327 g/mol. The van der Waals surface area contributed by atoms with E-state index >= 15 is 0 Å². The molecule has 0 aliphatic rings. The molecule has 0 saturated carbocycles. The Bertz CT molecular complexity index is 766. The zero-order chi connectivity index (χ0) is 15.6. The molecular weight excluding hydrogens is 314 g/mol. The van der Waals surface area contributed by atoms with Crippen LogP contribution < -0.4 is 10.5 Å². The number of hydrogen-bond acceptors (Lipinski definition) is 3. The fourth-order valence-electron chi connectivity index (χ4n) is 1.85. The van der Waals surface area contributed by atoms with Crippen molar-refractivity contribution in [1.82, 2.24) is 4.57 Å². The zero-order valence-corrected chi connectivity index (χ0v) is 12.8. The fourth-order valence-corrected chi connectivity index (χ4v) is 2.59. The Morgan fingerprint density at radius 1 is 1.33 bits per heavy atom. The first-order valence-corrected chi connectivity index (χ1v) is 8.03. The first-order chi connectivity index (χ1) is 9.81. The van der Waals surface area contributed by atoms with Crippen LogP contribution >= 0.6 is 11.6 Å². The molecule has 6 nitrogen and oxygen atoms in total. The summed E-state index contributed by atoms with van der Waals surface area (Å²) in [6, 6.07) is 7.17. The molecule has 0 aliphatic heterocycles. The summed E-state index contributed by atoms with van der Waals surface area (Å²) in [5, 5.41) is 8.16. The van der Waals surface area contributed by atoms with Crippen LogP contribution in [0.4, 0.5) is 5.69 Å². The molecule has 1 aromatic heterocycles. The number of carbonyl (C=O) groups is 1. The Hall–Kier alpha value is -1.83. The van der Waals surface area contributed by atoms with E-state index in [2.05, 4.69) is 5.32 Å². The summed E-state index contributed by atoms with van der Waals surface area (Å²) in [6.07, 6.45) is 1.67. The van der Waals surface area contributed by atoms with E-state index < -0.39 is 10.0 Å². The Morgan fingerprint density at radius 3 is 2.48 bits per heavy atom. The van der Waals surface area contributed by atoms with Gasteiger partial charge < -0.3 is 9.88 Å². The lowest BCUT2D eigenvalue weighted by molar-refractivity contribution is 0.101. The van der Waals surface area contributed by atoms with E-state index in [1.54, 1.807) is 16.8 Å². The van der Waals surface area contributed by atoms with E-state index in [0.717, 1.165) is 0 Å². The SMILES string of the molecule is CCn1cc(Cl)cc1C(=O)Nc1ccc(S(N)(=O)=O)cc1. The number of halogens is 1. The minimum absolute atomic E-state index is 0.0134. The van der Waals surface area contributed by atoms with Crippen molar-refractivity contribution in [3.05, 3.63) is 47.2 Å². The van der Waals surface area contributed by atoms with Gasteiger partial charge in [0, 0.05) is 18.4 Å². The molecular formula is C13H14ClN3O3S. The minimum Gasteiger partial charge on any atom is -0.342 e. The van der Waals surface area contributed by atoms with Crippen molar-refractivity contribution in [2.45, 2.75) is 18.4 Å². The van der Waals surface area contributed by atoms with Crippen LogP contribution in [0.15, 0.2) is 41.4 Å². The second kappa shape index (κ2) is 5.88. The van der Waals surface area contributed by atoms with Crippen LogP contribution in [0.25, 0.3) is 0 Å². The predicted molar refractivity (Wildman–Crippen MR) is 80.9 cm³/mol. The van der Waals surface area contributed by atoms with Gasteiger partial charge >= 0.3 is 0 Å². The molecule has 3 N–H and O–H groups in total. The molecule has 21 heavy (non-hydrogen) atoms. The number of aryl methyl sites for hydroxylation is 1. The number of rotatable bonds is 4. The normalized spacial score (nSPS) is 11.4. The molecule has 1 amide bonds. The Balaban J connectivity index is 2.20. The molecule has 2 aromatic rings. The number of primary sulfonamides is 1. The summed E-state index contributed by atoms with van der Waals surface area (Å²) in [6.45, 7) is 2.51. The summed E-state index contributed by atoms with van der Waals surface area (Å²) in [7, 11) is -3.74. The van der Waals surface area contributed by atoms with Crippen LogP contribution in [0.3, 0.4) is 0 Å². The van der Waals surface area contributed by atoms with E-state index in [4.69, 9.17) is 16.7 Å². The number of hydrogen-bond donors (Lipinski definition) is 2. The quantitative estimate of drug-likeness (QED) is 0.899. The molecule has 0 radical (unpaired) electrons. The third-order valence-electron chi connectivity index (χ3n) is 2.88. The van der Waals surface area contributed by atoms with Crippen LogP contribution in [0.5, 0.6) is 0 Å². The average molecular weight is 328 g/mol. The predicted octanol–water partition coefficient (Wildman–Crippen LogP) is 2.06. The number of benzene rings is 1. The van der Waals surface area contributed by atoms with Crippen LogP contribution in [-0.4, -0.2) is 18.9 Å². The van der Waals surface area contributed by atoms with Gasteiger partial charge in [-0.25, -0.2) is 13.6 Å². The molecule has 0 atom stereocenters. The van der Waals surface area contributed by atoms with Crippen LogP contribution in [0.2, 0.25) is 5.02 Å². The highest BCUT2D eigenvalue weighted by atomic mass is 35.5. The van der Waals surface area contributed by atoms with Crippen molar-refractivity contribution < 1.29 is 13.2 Å². The number of sulfonamides is 1. The maximum atomic E-state index is 12.2. The topological polar surface area (TPSA) is 94.2 Å². The van der Waals surface area contributed by atoms with Crippen molar-refractivity contribution in [3.8, 4) is 0 Å². The summed E-state index contributed by atoms with van der Waals surface area (Å²) < 4.78 is 24.0. The van der Waals surface area contributed by atoms with Crippen molar-refractivity contribution in [2.24, 2.45) is 5.14 Å². The lowest BCUT2D eigenvalue weighted by Gasteiger charge is -2.08. The van der Waals surface area contributed by atoms with Gasteiger partial charge in [0.2, 0.25) is 10.0 Å². The number of anilines is 1. The third kappa shape index (κ3) is 3.63. The molecule has 0 saturated heterocycles. The van der Waals surface area contributed by atoms with Gasteiger partial charge in [-0.3, -0.25) is 4.79 Å². The fraction of sp³-hybridized carbons (Fsp3) is 0.154. The Kier molecular flexibility index (Phi) is 4.36. The lowest BCUT2D eigenvalue weighted by Crippen LogP contribution is -2.16. The maximum absolute atomic E-state index is 12.2. The average Bonchev–Trinajstić information content (AvgIpc) is 2.79. The largest absolute Gasteiger partial charge is 0.342 e.